The first-order chi connectivity index (χ1) is 8.88. The summed E-state index contributed by atoms with van der Waals surface area (Å²) in [6.45, 7) is 1.23. The predicted octanol–water partition coefficient (Wildman–Crippen LogP) is 3.02. The Morgan fingerprint density at radius 1 is 1.17 bits per heavy atom. The second kappa shape index (κ2) is 7.54. The minimum Gasteiger partial charge on any atom is -0.491 e. The fourth-order valence-electron chi connectivity index (χ4n) is 1.97. The summed E-state index contributed by atoms with van der Waals surface area (Å²) in [4.78, 5) is 0. The molecule has 0 spiro atoms. The zero-order valence-electron chi connectivity index (χ0n) is 10.9. The predicted molar refractivity (Wildman–Crippen MR) is 77.8 cm³/mol. The van der Waals surface area contributed by atoms with Crippen LogP contribution in [0.4, 0.5) is 5.69 Å². The molecule has 0 aliphatic carbocycles. The van der Waals surface area contributed by atoms with E-state index in [0.717, 1.165) is 5.75 Å². The molecule has 2 rings (SSSR count). The van der Waals surface area contributed by atoms with Crippen molar-refractivity contribution < 1.29 is 9.47 Å². The first-order valence-corrected chi connectivity index (χ1v) is 7.60. The van der Waals surface area contributed by atoms with Crippen LogP contribution in [-0.2, 0) is 4.74 Å². The van der Waals surface area contributed by atoms with Gasteiger partial charge >= 0.3 is 0 Å². The van der Waals surface area contributed by atoms with Gasteiger partial charge < -0.3 is 14.8 Å². The van der Waals surface area contributed by atoms with Crippen molar-refractivity contribution in [1.29, 1.82) is 0 Å². The van der Waals surface area contributed by atoms with Crippen molar-refractivity contribution in [2.24, 2.45) is 0 Å². The maximum Gasteiger partial charge on any atom is 0.119 e. The summed E-state index contributed by atoms with van der Waals surface area (Å²) in [6.07, 6.45) is 2.52. The summed E-state index contributed by atoms with van der Waals surface area (Å²) in [7, 11) is 1.68. The molecule has 100 valence electrons. The summed E-state index contributed by atoms with van der Waals surface area (Å²) < 4.78 is 10.5. The van der Waals surface area contributed by atoms with Crippen LogP contribution in [-0.4, -0.2) is 37.9 Å². The SMILES string of the molecule is COCCOc1ccc(NC2CCSCC2)cc1. The molecule has 0 radical (unpaired) electrons. The van der Waals surface area contributed by atoms with Gasteiger partial charge in [0.1, 0.15) is 12.4 Å². The molecule has 3 nitrogen and oxygen atoms in total. The van der Waals surface area contributed by atoms with Crippen LogP contribution in [0.2, 0.25) is 0 Å². The smallest absolute Gasteiger partial charge is 0.119 e. The molecular formula is C14H21NO2S. The Bertz CT molecular complexity index is 336. The molecule has 1 aromatic rings. The largest absolute Gasteiger partial charge is 0.491 e. The fraction of sp³-hybridized carbons (Fsp3) is 0.571. The van der Waals surface area contributed by atoms with Crippen LogP contribution in [0.1, 0.15) is 12.8 Å². The number of methoxy groups -OCH3 is 1. The van der Waals surface area contributed by atoms with Crippen molar-refractivity contribution in [2.75, 3.05) is 37.1 Å². The average molecular weight is 267 g/mol. The van der Waals surface area contributed by atoms with Gasteiger partial charge in [-0.15, -0.1) is 0 Å². The molecule has 1 aromatic carbocycles. The van der Waals surface area contributed by atoms with Gasteiger partial charge in [-0.05, 0) is 48.6 Å². The van der Waals surface area contributed by atoms with E-state index in [4.69, 9.17) is 9.47 Å². The summed E-state index contributed by atoms with van der Waals surface area (Å²) in [5.74, 6) is 3.45. The molecule has 1 aliphatic heterocycles. The van der Waals surface area contributed by atoms with E-state index >= 15 is 0 Å². The quantitative estimate of drug-likeness (QED) is 0.803. The van der Waals surface area contributed by atoms with E-state index in [-0.39, 0.29) is 0 Å². The third kappa shape index (κ3) is 4.42. The number of rotatable bonds is 6. The van der Waals surface area contributed by atoms with E-state index < -0.39 is 0 Å². The Balaban J connectivity index is 1.79. The van der Waals surface area contributed by atoms with Crippen molar-refractivity contribution in [3.05, 3.63) is 24.3 Å². The zero-order chi connectivity index (χ0) is 12.6. The Kier molecular flexibility index (Phi) is 5.68. The van der Waals surface area contributed by atoms with E-state index in [0.29, 0.717) is 19.3 Å². The number of hydrogen-bond acceptors (Lipinski definition) is 4. The second-order valence-electron chi connectivity index (χ2n) is 4.40. The number of thioether (sulfide) groups is 1. The summed E-state index contributed by atoms with van der Waals surface area (Å²) in [5.41, 5.74) is 1.19. The van der Waals surface area contributed by atoms with E-state index in [2.05, 4.69) is 29.2 Å². The Labute approximate surface area is 113 Å². The van der Waals surface area contributed by atoms with Crippen LogP contribution in [0.25, 0.3) is 0 Å². The van der Waals surface area contributed by atoms with Crippen molar-refractivity contribution in [3.63, 3.8) is 0 Å². The molecule has 4 heteroatoms. The zero-order valence-corrected chi connectivity index (χ0v) is 11.7. The lowest BCUT2D eigenvalue weighted by molar-refractivity contribution is 0.146. The highest BCUT2D eigenvalue weighted by atomic mass is 32.2. The van der Waals surface area contributed by atoms with Gasteiger partial charge in [-0.3, -0.25) is 0 Å². The van der Waals surface area contributed by atoms with Crippen LogP contribution in [0, 0.1) is 0 Å². The maximum absolute atomic E-state index is 5.54. The molecule has 0 atom stereocenters. The molecule has 0 unspecified atom stereocenters. The van der Waals surface area contributed by atoms with Crippen LogP contribution in [0.5, 0.6) is 5.75 Å². The molecule has 1 heterocycles. The number of anilines is 1. The van der Waals surface area contributed by atoms with Gasteiger partial charge in [0.25, 0.3) is 0 Å². The third-order valence-corrected chi connectivity index (χ3v) is 4.05. The number of benzene rings is 1. The highest BCUT2D eigenvalue weighted by Gasteiger charge is 2.12. The lowest BCUT2D eigenvalue weighted by atomic mass is 10.1. The lowest BCUT2D eigenvalue weighted by Gasteiger charge is -2.23. The van der Waals surface area contributed by atoms with Crippen molar-refractivity contribution in [1.82, 2.24) is 0 Å². The summed E-state index contributed by atoms with van der Waals surface area (Å²) in [6, 6.07) is 8.82. The molecular weight excluding hydrogens is 246 g/mol. The molecule has 0 bridgehead atoms. The molecule has 1 N–H and O–H groups in total. The van der Waals surface area contributed by atoms with Gasteiger partial charge in [-0.25, -0.2) is 0 Å². The normalized spacial score (nSPS) is 16.5. The van der Waals surface area contributed by atoms with E-state index in [1.807, 2.05) is 12.1 Å². The Morgan fingerprint density at radius 3 is 2.56 bits per heavy atom. The maximum atomic E-state index is 5.54. The Hall–Kier alpha value is -0.870. The number of nitrogens with one attached hydrogen (secondary N) is 1. The van der Waals surface area contributed by atoms with Gasteiger partial charge in [-0.2, -0.15) is 11.8 Å². The van der Waals surface area contributed by atoms with Crippen LogP contribution < -0.4 is 10.1 Å². The van der Waals surface area contributed by atoms with E-state index in [1.54, 1.807) is 7.11 Å². The monoisotopic (exact) mass is 267 g/mol. The summed E-state index contributed by atoms with van der Waals surface area (Å²) in [5, 5.41) is 3.58. The topological polar surface area (TPSA) is 30.5 Å². The minimum atomic E-state index is 0.600. The van der Waals surface area contributed by atoms with Crippen molar-refractivity contribution in [2.45, 2.75) is 18.9 Å². The minimum absolute atomic E-state index is 0.600. The van der Waals surface area contributed by atoms with Gasteiger partial charge in [0, 0.05) is 18.8 Å². The number of ether oxygens (including phenoxy) is 2. The van der Waals surface area contributed by atoms with Crippen LogP contribution in [0.15, 0.2) is 24.3 Å². The fourth-order valence-corrected chi connectivity index (χ4v) is 3.07. The molecule has 1 aliphatic rings. The lowest BCUT2D eigenvalue weighted by Crippen LogP contribution is -2.24. The van der Waals surface area contributed by atoms with Crippen LogP contribution in [0.3, 0.4) is 0 Å². The van der Waals surface area contributed by atoms with Crippen molar-refractivity contribution in [3.8, 4) is 5.75 Å². The molecule has 1 saturated heterocycles. The van der Waals surface area contributed by atoms with E-state index in [1.165, 1.54) is 30.0 Å². The molecule has 18 heavy (non-hydrogen) atoms. The van der Waals surface area contributed by atoms with Gasteiger partial charge in [-0.1, -0.05) is 0 Å². The average Bonchev–Trinajstić information content (AvgIpc) is 2.42. The molecule has 0 saturated carbocycles. The molecule has 0 amide bonds. The third-order valence-electron chi connectivity index (χ3n) is 3.00. The highest BCUT2D eigenvalue weighted by Crippen LogP contribution is 2.22. The highest BCUT2D eigenvalue weighted by molar-refractivity contribution is 7.99. The first kappa shape index (κ1) is 13.6. The van der Waals surface area contributed by atoms with Gasteiger partial charge in [0.15, 0.2) is 0 Å². The molecule has 0 aromatic heterocycles. The van der Waals surface area contributed by atoms with Crippen molar-refractivity contribution >= 4 is 17.4 Å². The number of hydrogen-bond donors (Lipinski definition) is 1. The van der Waals surface area contributed by atoms with E-state index in [9.17, 15) is 0 Å². The standard InChI is InChI=1S/C14H21NO2S/c1-16-8-9-17-14-4-2-12(3-5-14)15-13-6-10-18-11-7-13/h2-5,13,15H,6-11H2,1H3. The molecule has 1 fully saturated rings. The Morgan fingerprint density at radius 2 is 1.89 bits per heavy atom. The second-order valence-corrected chi connectivity index (χ2v) is 5.62. The first-order valence-electron chi connectivity index (χ1n) is 6.44. The summed E-state index contributed by atoms with van der Waals surface area (Å²) >= 11 is 2.05. The van der Waals surface area contributed by atoms with Gasteiger partial charge in [0.05, 0.1) is 6.61 Å². The van der Waals surface area contributed by atoms with Crippen LogP contribution >= 0.6 is 11.8 Å². The van der Waals surface area contributed by atoms with Gasteiger partial charge in [0.2, 0.25) is 0 Å².